The third kappa shape index (κ3) is 3.52. The topological polar surface area (TPSA) is 59.2 Å². The predicted octanol–water partition coefficient (Wildman–Crippen LogP) is 4.33. The number of benzene rings is 2. The molecule has 2 N–H and O–H groups in total. The second-order valence-electron chi connectivity index (χ2n) is 7.85. The first-order chi connectivity index (χ1) is 13.6. The highest BCUT2D eigenvalue weighted by molar-refractivity contribution is 6.07. The van der Waals surface area contributed by atoms with Crippen LogP contribution in [-0.4, -0.2) is 35.4 Å². The van der Waals surface area contributed by atoms with Gasteiger partial charge in [-0.2, -0.15) is 0 Å². The fourth-order valence-electron chi connectivity index (χ4n) is 3.96. The number of hydrogen-bond acceptors (Lipinski definition) is 3. The van der Waals surface area contributed by atoms with Gasteiger partial charge in [0.25, 0.3) is 5.91 Å². The van der Waals surface area contributed by atoms with Gasteiger partial charge in [-0.25, -0.2) is 4.98 Å². The first kappa shape index (κ1) is 18.6. The zero-order valence-electron chi connectivity index (χ0n) is 16.6. The first-order valence-electron chi connectivity index (χ1n) is 10.0. The second kappa shape index (κ2) is 7.72. The van der Waals surface area contributed by atoms with E-state index in [1.54, 1.807) is 0 Å². The van der Waals surface area contributed by atoms with E-state index in [1.165, 1.54) is 11.1 Å². The minimum absolute atomic E-state index is 0.100. The van der Waals surface area contributed by atoms with E-state index in [4.69, 9.17) is 10.7 Å². The van der Waals surface area contributed by atoms with E-state index in [9.17, 15) is 4.79 Å². The molecule has 2 aromatic carbocycles. The number of nitrogens with zero attached hydrogens (tertiary/aromatic N) is 2. The summed E-state index contributed by atoms with van der Waals surface area (Å²) in [5.74, 6) is 0.631. The van der Waals surface area contributed by atoms with Gasteiger partial charge in [0.15, 0.2) is 0 Å². The van der Waals surface area contributed by atoms with Crippen molar-refractivity contribution in [3.05, 3.63) is 65.2 Å². The van der Waals surface area contributed by atoms with Gasteiger partial charge >= 0.3 is 0 Å². The van der Waals surface area contributed by atoms with Gasteiger partial charge in [-0.1, -0.05) is 30.3 Å². The molecule has 1 saturated heterocycles. The standard InChI is InChI=1S/C24H27N3O/c1-16-12-20-21(24(28)27-10-8-18(15-25)9-11-27)14-22(19-6-4-3-5-7-19)26-23(20)13-17(16)2/h3-7,12-14,18H,8-11,15,25H2,1-2H3. The Morgan fingerprint density at radius 2 is 1.75 bits per heavy atom. The van der Waals surface area contributed by atoms with Crippen molar-refractivity contribution in [3.8, 4) is 11.3 Å². The number of hydrogen-bond donors (Lipinski definition) is 1. The van der Waals surface area contributed by atoms with Crippen LogP contribution < -0.4 is 5.73 Å². The van der Waals surface area contributed by atoms with Crippen LogP contribution in [0.2, 0.25) is 0 Å². The number of aromatic nitrogens is 1. The van der Waals surface area contributed by atoms with E-state index in [-0.39, 0.29) is 5.91 Å². The third-order valence-electron chi connectivity index (χ3n) is 5.96. The van der Waals surface area contributed by atoms with E-state index in [1.807, 2.05) is 41.3 Å². The van der Waals surface area contributed by atoms with Crippen LogP contribution in [0.15, 0.2) is 48.5 Å². The molecule has 1 fully saturated rings. The molecule has 4 heteroatoms. The molecular formula is C24H27N3O. The zero-order chi connectivity index (χ0) is 19.7. The van der Waals surface area contributed by atoms with Crippen LogP contribution in [0.5, 0.6) is 0 Å². The number of pyridine rings is 1. The van der Waals surface area contributed by atoms with Crippen LogP contribution in [-0.2, 0) is 0 Å². The number of rotatable bonds is 3. The molecule has 4 nitrogen and oxygen atoms in total. The molecule has 1 aliphatic heterocycles. The van der Waals surface area contributed by atoms with Crippen molar-refractivity contribution in [2.24, 2.45) is 11.7 Å². The average Bonchev–Trinajstić information content (AvgIpc) is 2.74. The molecule has 0 bridgehead atoms. The molecular weight excluding hydrogens is 346 g/mol. The number of nitrogens with two attached hydrogens (primary N) is 1. The van der Waals surface area contributed by atoms with Crippen molar-refractivity contribution in [1.82, 2.24) is 9.88 Å². The summed E-state index contributed by atoms with van der Waals surface area (Å²) in [5.41, 5.74) is 11.7. The first-order valence-corrected chi connectivity index (χ1v) is 10.0. The Hall–Kier alpha value is -2.72. The number of likely N-dealkylation sites (tertiary alicyclic amines) is 1. The van der Waals surface area contributed by atoms with E-state index in [0.29, 0.717) is 12.5 Å². The number of amides is 1. The Labute approximate surface area is 166 Å². The van der Waals surface area contributed by atoms with Crippen LogP contribution in [0.1, 0.15) is 34.3 Å². The lowest BCUT2D eigenvalue weighted by atomic mass is 9.95. The van der Waals surface area contributed by atoms with Crippen molar-refractivity contribution >= 4 is 16.8 Å². The third-order valence-corrected chi connectivity index (χ3v) is 5.96. The minimum atomic E-state index is 0.100. The predicted molar refractivity (Wildman–Crippen MR) is 114 cm³/mol. The summed E-state index contributed by atoms with van der Waals surface area (Å²) in [6.07, 6.45) is 1.96. The molecule has 2 heterocycles. The Morgan fingerprint density at radius 3 is 2.43 bits per heavy atom. The van der Waals surface area contributed by atoms with Crippen molar-refractivity contribution in [1.29, 1.82) is 0 Å². The zero-order valence-corrected chi connectivity index (χ0v) is 16.6. The SMILES string of the molecule is Cc1cc2nc(-c3ccccc3)cc(C(=O)N3CCC(CN)CC3)c2cc1C. The smallest absolute Gasteiger partial charge is 0.254 e. The largest absolute Gasteiger partial charge is 0.339 e. The molecule has 0 atom stereocenters. The van der Waals surface area contributed by atoms with E-state index in [2.05, 4.69) is 26.0 Å². The maximum Gasteiger partial charge on any atom is 0.254 e. The van der Waals surface area contributed by atoms with Gasteiger partial charge in [0.2, 0.25) is 0 Å². The van der Waals surface area contributed by atoms with Crippen LogP contribution >= 0.6 is 0 Å². The monoisotopic (exact) mass is 373 g/mol. The van der Waals surface area contributed by atoms with Crippen molar-refractivity contribution in [2.45, 2.75) is 26.7 Å². The Bertz CT molecular complexity index is 1010. The molecule has 144 valence electrons. The maximum absolute atomic E-state index is 13.5. The summed E-state index contributed by atoms with van der Waals surface area (Å²) >= 11 is 0. The molecule has 3 aromatic rings. The van der Waals surface area contributed by atoms with Gasteiger partial charge in [0, 0.05) is 24.0 Å². The maximum atomic E-state index is 13.5. The van der Waals surface area contributed by atoms with Gasteiger partial charge < -0.3 is 10.6 Å². The minimum Gasteiger partial charge on any atom is -0.339 e. The number of fused-ring (bicyclic) bond motifs is 1. The van der Waals surface area contributed by atoms with Gasteiger partial charge in [0.05, 0.1) is 16.8 Å². The van der Waals surface area contributed by atoms with Gasteiger partial charge in [-0.15, -0.1) is 0 Å². The lowest BCUT2D eigenvalue weighted by Gasteiger charge is -2.31. The van der Waals surface area contributed by atoms with E-state index >= 15 is 0 Å². The molecule has 0 spiro atoms. The number of aryl methyl sites for hydroxylation is 2. The molecule has 0 aliphatic carbocycles. The second-order valence-corrected chi connectivity index (χ2v) is 7.85. The summed E-state index contributed by atoms with van der Waals surface area (Å²) in [4.78, 5) is 20.3. The Morgan fingerprint density at radius 1 is 1.07 bits per heavy atom. The summed E-state index contributed by atoms with van der Waals surface area (Å²) in [6, 6.07) is 16.2. The molecule has 4 rings (SSSR count). The number of carbonyl (C=O) groups is 1. The molecule has 0 saturated carbocycles. The van der Waals surface area contributed by atoms with Crippen molar-refractivity contribution < 1.29 is 4.79 Å². The Kier molecular flexibility index (Phi) is 5.14. The highest BCUT2D eigenvalue weighted by Crippen LogP contribution is 2.29. The summed E-state index contributed by atoms with van der Waals surface area (Å²) in [5, 5.41) is 0.939. The summed E-state index contributed by atoms with van der Waals surface area (Å²) in [7, 11) is 0. The highest BCUT2D eigenvalue weighted by Gasteiger charge is 2.25. The number of piperidine rings is 1. The van der Waals surface area contributed by atoms with Gasteiger partial charge in [0.1, 0.15) is 0 Å². The molecule has 0 unspecified atom stereocenters. The molecule has 1 aromatic heterocycles. The van der Waals surface area contributed by atoms with Crippen molar-refractivity contribution in [2.75, 3.05) is 19.6 Å². The van der Waals surface area contributed by atoms with Crippen LogP contribution in [0.25, 0.3) is 22.2 Å². The van der Waals surface area contributed by atoms with E-state index in [0.717, 1.165) is 53.7 Å². The molecule has 28 heavy (non-hydrogen) atoms. The lowest BCUT2D eigenvalue weighted by Crippen LogP contribution is -2.40. The highest BCUT2D eigenvalue weighted by atomic mass is 16.2. The molecule has 0 radical (unpaired) electrons. The number of carbonyl (C=O) groups excluding carboxylic acids is 1. The van der Waals surface area contributed by atoms with Crippen LogP contribution in [0, 0.1) is 19.8 Å². The van der Waals surface area contributed by atoms with E-state index < -0.39 is 0 Å². The normalized spacial score (nSPS) is 15.2. The fraction of sp³-hybridized carbons (Fsp3) is 0.333. The quantitative estimate of drug-likeness (QED) is 0.743. The Balaban J connectivity index is 1.81. The van der Waals surface area contributed by atoms with Gasteiger partial charge in [-0.05, 0) is 68.5 Å². The van der Waals surface area contributed by atoms with Crippen LogP contribution in [0.3, 0.4) is 0 Å². The van der Waals surface area contributed by atoms with Crippen molar-refractivity contribution in [3.63, 3.8) is 0 Å². The lowest BCUT2D eigenvalue weighted by molar-refractivity contribution is 0.0695. The molecule has 1 amide bonds. The molecule has 1 aliphatic rings. The fourth-order valence-corrected chi connectivity index (χ4v) is 3.96. The van der Waals surface area contributed by atoms with Gasteiger partial charge in [-0.3, -0.25) is 4.79 Å². The average molecular weight is 374 g/mol. The summed E-state index contributed by atoms with van der Waals surface area (Å²) in [6.45, 7) is 6.43. The van der Waals surface area contributed by atoms with Crippen LogP contribution in [0.4, 0.5) is 0 Å². The summed E-state index contributed by atoms with van der Waals surface area (Å²) < 4.78 is 0.